The van der Waals surface area contributed by atoms with Crippen molar-refractivity contribution in [2.45, 2.75) is 45.3 Å². The van der Waals surface area contributed by atoms with Crippen LogP contribution in [0.1, 0.15) is 48.3 Å². The Morgan fingerprint density at radius 3 is 2.73 bits per heavy atom. The number of rotatable bonds is 6. The van der Waals surface area contributed by atoms with Crippen molar-refractivity contribution >= 4 is 11.9 Å². The van der Waals surface area contributed by atoms with Crippen molar-refractivity contribution in [3.63, 3.8) is 0 Å². The third-order valence-corrected chi connectivity index (χ3v) is 4.33. The fourth-order valence-corrected chi connectivity index (χ4v) is 2.93. The van der Waals surface area contributed by atoms with Gasteiger partial charge in [-0.05, 0) is 43.5 Å². The Morgan fingerprint density at radius 2 is 2.08 bits per heavy atom. The van der Waals surface area contributed by atoms with Crippen molar-refractivity contribution in [2.24, 2.45) is 0 Å². The minimum atomic E-state index is -0.954. The third kappa shape index (κ3) is 4.01. The lowest BCUT2D eigenvalue weighted by atomic mass is 10.0. The van der Waals surface area contributed by atoms with Crippen molar-refractivity contribution in [1.29, 1.82) is 0 Å². The molecule has 0 bridgehead atoms. The van der Waals surface area contributed by atoms with Gasteiger partial charge in [0.15, 0.2) is 6.61 Å². The first-order valence-electron chi connectivity index (χ1n) is 8.66. The van der Waals surface area contributed by atoms with Crippen LogP contribution in [0.25, 0.3) is 0 Å². The summed E-state index contributed by atoms with van der Waals surface area (Å²) in [7, 11) is 0. The molecule has 8 heteroatoms. The van der Waals surface area contributed by atoms with Crippen LogP contribution in [-0.4, -0.2) is 44.6 Å². The fraction of sp³-hybridized carbons (Fsp3) is 0.444. The summed E-state index contributed by atoms with van der Waals surface area (Å²) in [5, 5.41) is 13.1. The predicted molar refractivity (Wildman–Crippen MR) is 90.8 cm³/mol. The molecule has 1 saturated heterocycles. The van der Waals surface area contributed by atoms with Crippen LogP contribution >= 0.6 is 0 Å². The van der Waals surface area contributed by atoms with Crippen LogP contribution < -0.4 is 4.74 Å². The number of likely N-dealkylation sites (tertiary alicyclic amines) is 1. The van der Waals surface area contributed by atoms with Crippen LogP contribution in [0.4, 0.5) is 0 Å². The number of carboxylic acid groups (broad SMARTS) is 1. The van der Waals surface area contributed by atoms with Crippen LogP contribution in [0, 0.1) is 0 Å². The number of aryl methyl sites for hydroxylation is 1. The van der Waals surface area contributed by atoms with E-state index in [1.54, 1.807) is 24.3 Å². The summed E-state index contributed by atoms with van der Waals surface area (Å²) < 4.78 is 10.6. The quantitative estimate of drug-likeness (QED) is 0.843. The number of aromatic nitrogens is 2. The van der Waals surface area contributed by atoms with Crippen LogP contribution in [0.2, 0.25) is 0 Å². The van der Waals surface area contributed by atoms with Gasteiger partial charge in [0.25, 0.3) is 5.91 Å². The van der Waals surface area contributed by atoms with Gasteiger partial charge in [-0.25, -0.2) is 4.79 Å². The van der Waals surface area contributed by atoms with E-state index < -0.39 is 12.0 Å². The molecule has 2 heterocycles. The minimum absolute atomic E-state index is 0.171. The maximum absolute atomic E-state index is 12.6. The number of nitrogens with zero attached hydrogens (tertiary/aromatic N) is 3. The molecule has 0 saturated carbocycles. The van der Waals surface area contributed by atoms with Crippen LogP contribution in [0.3, 0.4) is 0 Å². The number of carbonyl (C=O) groups excluding carboxylic acids is 1. The lowest BCUT2D eigenvalue weighted by molar-refractivity contribution is -0.143. The number of hydrogen-bond donors (Lipinski definition) is 1. The predicted octanol–water partition coefficient (Wildman–Crippen LogP) is 2.29. The fourth-order valence-electron chi connectivity index (χ4n) is 2.93. The Bertz CT molecular complexity index is 771. The SMILES string of the molecule is CCc1nc(COc2ccc(C(=O)N3CCCC[C@@H]3C(=O)O)cc2)no1. The Labute approximate surface area is 150 Å². The largest absolute Gasteiger partial charge is 0.485 e. The molecule has 0 radical (unpaired) electrons. The second kappa shape index (κ2) is 7.99. The Balaban J connectivity index is 1.62. The maximum atomic E-state index is 12.6. The van der Waals surface area contributed by atoms with Crippen LogP contribution in [0.15, 0.2) is 28.8 Å². The summed E-state index contributed by atoms with van der Waals surface area (Å²) in [6, 6.07) is 5.87. The van der Waals surface area contributed by atoms with E-state index in [-0.39, 0.29) is 12.5 Å². The Morgan fingerprint density at radius 1 is 1.31 bits per heavy atom. The lowest BCUT2D eigenvalue weighted by Crippen LogP contribution is -2.47. The first-order valence-corrected chi connectivity index (χ1v) is 8.66. The Kier molecular flexibility index (Phi) is 5.50. The molecule has 1 amide bonds. The van der Waals surface area contributed by atoms with Crippen LogP contribution in [0.5, 0.6) is 5.75 Å². The summed E-state index contributed by atoms with van der Waals surface area (Å²) in [6.45, 7) is 2.56. The van der Waals surface area contributed by atoms with E-state index >= 15 is 0 Å². The number of piperidine rings is 1. The van der Waals surface area contributed by atoms with Crippen molar-refractivity contribution in [3.05, 3.63) is 41.5 Å². The summed E-state index contributed by atoms with van der Waals surface area (Å²) in [5.41, 5.74) is 0.443. The molecule has 1 atom stereocenters. The van der Waals surface area contributed by atoms with E-state index in [4.69, 9.17) is 9.26 Å². The molecule has 8 nitrogen and oxygen atoms in total. The maximum Gasteiger partial charge on any atom is 0.326 e. The topological polar surface area (TPSA) is 106 Å². The van der Waals surface area contributed by atoms with Gasteiger partial charge in [0, 0.05) is 18.5 Å². The van der Waals surface area contributed by atoms with E-state index in [1.807, 2.05) is 6.92 Å². The number of amides is 1. The van der Waals surface area contributed by atoms with Crippen molar-refractivity contribution in [2.75, 3.05) is 6.54 Å². The van der Waals surface area contributed by atoms with E-state index in [0.29, 0.717) is 42.4 Å². The zero-order valence-corrected chi connectivity index (χ0v) is 14.6. The molecule has 26 heavy (non-hydrogen) atoms. The number of benzene rings is 1. The number of aliphatic carboxylic acids is 1. The average Bonchev–Trinajstić information content (AvgIpc) is 3.14. The van der Waals surface area contributed by atoms with E-state index in [1.165, 1.54) is 4.90 Å². The van der Waals surface area contributed by atoms with Crippen molar-refractivity contribution < 1.29 is 24.0 Å². The van der Waals surface area contributed by atoms with Crippen molar-refractivity contribution in [3.8, 4) is 5.75 Å². The molecule has 1 N–H and O–H groups in total. The molecule has 0 spiro atoms. The van der Waals surface area contributed by atoms with E-state index in [2.05, 4.69) is 10.1 Å². The standard InChI is InChI=1S/C18H21N3O5/c1-2-16-19-15(20-26-16)11-25-13-8-6-12(7-9-13)17(22)21-10-4-3-5-14(21)18(23)24/h6-9,14H,2-5,10-11H2,1H3,(H,23,24)/t14-/m1/s1. The third-order valence-electron chi connectivity index (χ3n) is 4.33. The van der Waals surface area contributed by atoms with Gasteiger partial charge in [0.2, 0.25) is 11.7 Å². The summed E-state index contributed by atoms with van der Waals surface area (Å²) in [5.74, 6) is 0.357. The average molecular weight is 359 g/mol. The molecular formula is C18H21N3O5. The van der Waals surface area contributed by atoms with Gasteiger partial charge >= 0.3 is 5.97 Å². The highest BCUT2D eigenvalue weighted by molar-refractivity contribution is 5.96. The molecule has 1 aromatic heterocycles. The molecule has 3 rings (SSSR count). The monoisotopic (exact) mass is 359 g/mol. The lowest BCUT2D eigenvalue weighted by Gasteiger charge is -2.33. The molecule has 138 valence electrons. The Hall–Kier alpha value is -2.90. The number of carboxylic acids is 1. The molecule has 1 aliphatic heterocycles. The summed E-state index contributed by atoms with van der Waals surface area (Å²) in [6.07, 6.45) is 2.80. The van der Waals surface area contributed by atoms with Crippen LogP contribution in [-0.2, 0) is 17.8 Å². The minimum Gasteiger partial charge on any atom is -0.485 e. The van der Waals surface area contributed by atoms with Gasteiger partial charge in [-0.15, -0.1) is 0 Å². The van der Waals surface area contributed by atoms with Crippen molar-refractivity contribution in [1.82, 2.24) is 15.0 Å². The number of hydrogen-bond acceptors (Lipinski definition) is 6. The second-order valence-electron chi connectivity index (χ2n) is 6.12. The molecule has 1 aliphatic rings. The first-order chi connectivity index (χ1) is 12.6. The first kappa shape index (κ1) is 17.9. The molecule has 2 aromatic rings. The van der Waals surface area contributed by atoms with Gasteiger partial charge in [-0.1, -0.05) is 12.1 Å². The number of ether oxygens (including phenoxy) is 1. The van der Waals surface area contributed by atoms with Gasteiger partial charge in [0.05, 0.1) is 0 Å². The van der Waals surface area contributed by atoms with Gasteiger partial charge in [-0.3, -0.25) is 4.79 Å². The van der Waals surface area contributed by atoms with Gasteiger partial charge in [0.1, 0.15) is 11.8 Å². The van der Waals surface area contributed by atoms with Gasteiger partial charge in [-0.2, -0.15) is 4.98 Å². The van der Waals surface area contributed by atoms with Gasteiger partial charge < -0.3 is 19.3 Å². The second-order valence-corrected chi connectivity index (χ2v) is 6.12. The van der Waals surface area contributed by atoms with E-state index in [0.717, 1.165) is 12.8 Å². The summed E-state index contributed by atoms with van der Waals surface area (Å²) in [4.78, 5) is 29.6. The van der Waals surface area contributed by atoms with E-state index in [9.17, 15) is 14.7 Å². The highest BCUT2D eigenvalue weighted by Gasteiger charge is 2.32. The number of carbonyl (C=O) groups is 2. The molecule has 1 aromatic carbocycles. The molecular weight excluding hydrogens is 338 g/mol. The highest BCUT2D eigenvalue weighted by atomic mass is 16.5. The summed E-state index contributed by atoms with van der Waals surface area (Å²) >= 11 is 0. The molecule has 0 aliphatic carbocycles. The smallest absolute Gasteiger partial charge is 0.326 e. The molecule has 1 fully saturated rings. The zero-order valence-electron chi connectivity index (χ0n) is 14.6. The normalized spacial score (nSPS) is 17.1. The highest BCUT2D eigenvalue weighted by Crippen LogP contribution is 2.21. The zero-order chi connectivity index (χ0) is 18.5. The molecule has 0 unspecified atom stereocenters.